The Morgan fingerprint density at radius 1 is 0.611 bits per heavy atom. The van der Waals surface area contributed by atoms with Crippen molar-refractivity contribution in [2.75, 3.05) is 0 Å². The molecule has 0 heterocycles. The molecule has 0 aliphatic rings. The van der Waals surface area contributed by atoms with Crippen molar-refractivity contribution >= 4 is 24.3 Å². The van der Waals surface area contributed by atoms with E-state index in [1.54, 1.807) is 0 Å². The Kier molecular flexibility index (Phi) is 12.0. The molecule has 0 heteroatoms. The van der Waals surface area contributed by atoms with Crippen LogP contribution in [0.2, 0.25) is 0 Å². The van der Waals surface area contributed by atoms with Gasteiger partial charge in [0.25, 0.3) is 0 Å². The van der Waals surface area contributed by atoms with Gasteiger partial charge in [0.2, 0.25) is 0 Å². The van der Waals surface area contributed by atoms with E-state index in [9.17, 15) is 0 Å². The minimum atomic E-state index is 1.06. The van der Waals surface area contributed by atoms with E-state index >= 15 is 0 Å². The van der Waals surface area contributed by atoms with Gasteiger partial charge in [-0.05, 0) is 22.3 Å². The number of rotatable bonds is 4. The van der Waals surface area contributed by atoms with Crippen LogP contribution in [0.1, 0.15) is 49.9 Å². The van der Waals surface area contributed by atoms with Crippen LogP contribution in [-0.4, -0.2) is 0 Å². The molecule has 0 saturated carbocycles. The van der Waals surface area contributed by atoms with Gasteiger partial charge in [0.1, 0.15) is 0 Å². The van der Waals surface area contributed by atoms with Gasteiger partial charge in [-0.25, -0.2) is 0 Å². The van der Waals surface area contributed by atoms with E-state index in [-0.39, 0.29) is 0 Å². The SMILES string of the molecule is C=Cc1ccc(C=C)c(C=C)c1C=C.CC.CC. The van der Waals surface area contributed by atoms with Gasteiger partial charge in [-0.3, -0.25) is 0 Å². The predicted octanol–water partition coefficient (Wildman–Crippen LogP) is 6.31. The number of benzene rings is 1. The van der Waals surface area contributed by atoms with E-state index in [2.05, 4.69) is 26.3 Å². The first-order valence-corrected chi connectivity index (χ1v) is 6.45. The summed E-state index contributed by atoms with van der Waals surface area (Å²) in [7, 11) is 0. The second-order valence-corrected chi connectivity index (χ2v) is 2.89. The molecule has 1 rings (SSSR count). The normalized spacial score (nSPS) is 7.78. The van der Waals surface area contributed by atoms with Crippen LogP contribution in [0.15, 0.2) is 38.4 Å². The highest BCUT2D eigenvalue weighted by molar-refractivity contribution is 5.78. The zero-order chi connectivity index (χ0) is 14.6. The van der Waals surface area contributed by atoms with Crippen LogP contribution in [0.5, 0.6) is 0 Å². The smallest absolute Gasteiger partial charge is 0.0112 e. The van der Waals surface area contributed by atoms with Crippen LogP contribution in [0.3, 0.4) is 0 Å². The molecule has 1 aromatic rings. The highest BCUT2D eigenvalue weighted by Gasteiger charge is 2.03. The van der Waals surface area contributed by atoms with Gasteiger partial charge in [0.05, 0.1) is 0 Å². The summed E-state index contributed by atoms with van der Waals surface area (Å²) in [6, 6.07) is 4.02. The molecule has 98 valence electrons. The summed E-state index contributed by atoms with van der Waals surface area (Å²) in [5, 5.41) is 0. The van der Waals surface area contributed by atoms with Gasteiger partial charge in [0, 0.05) is 0 Å². The van der Waals surface area contributed by atoms with E-state index < -0.39 is 0 Å². The molecule has 0 amide bonds. The average Bonchev–Trinajstić information content (AvgIpc) is 2.49. The lowest BCUT2D eigenvalue weighted by molar-refractivity contribution is 1.50. The van der Waals surface area contributed by atoms with Crippen molar-refractivity contribution in [3.63, 3.8) is 0 Å². The van der Waals surface area contributed by atoms with Crippen LogP contribution < -0.4 is 0 Å². The molecule has 0 fully saturated rings. The van der Waals surface area contributed by atoms with Gasteiger partial charge >= 0.3 is 0 Å². The third-order valence-corrected chi connectivity index (χ3v) is 2.20. The molecular weight excluding hydrogens is 216 g/mol. The van der Waals surface area contributed by atoms with Crippen LogP contribution in [0.4, 0.5) is 0 Å². The fraction of sp³-hybridized carbons (Fsp3) is 0.222. The van der Waals surface area contributed by atoms with Crippen LogP contribution in [-0.2, 0) is 0 Å². The summed E-state index contributed by atoms with van der Waals surface area (Å²) in [6.07, 6.45) is 7.27. The maximum absolute atomic E-state index is 3.79. The van der Waals surface area contributed by atoms with Crippen molar-refractivity contribution in [3.8, 4) is 0 Å². The first-order valence-electron chi connectivity index (χ1n) is 6.45. The second kappa shape index (κ2) is 11.7. The van der Waals surface area contributed by atoms with E-state index in [0.717, 1.165) is 22.3 Å². The maximum Gasteiger partial charge on any atom is -0.0112 e. The zero-order valence-electron chi connectivity index (χ0n) is 12.3. The molecule has 1 aromatic carbocycles. The lowest BCUT2D eigenvalue weighted by Gasteiger charge is -2.09. The van der Waals surface area contributed by atoms with Gasteiger partial charge in [-0.15, -0.1) is 0 Å². The first-order chi connectivity index (χ1) is 8.78. The van der Waals surface area contributed by atoms with Crippen molar-refractivity contribution < 1.29 is 0 Å². The molecule has 0 radical (unpaired) electrons. The minimum absolute atomic E-state index is 1.06. The Hall–Kier alpha value is -1.82. The number of hydrogen-bond acceptors (Lipinski definition) is 0. The van der Waals surface area contributed by atoms with Crippen LogP contribution in [0.25, 0.3) is 24.3 Å². The van der Waals surface area contributed by atoms with Crippen molar-refractivity contribution in [1.82, 2.24) is 0 Å². The molecule has 18 heavy (non-hydrogen) atoms. The van der Waals surface area contributed by atoms with Crippen LogP contribution >= 0.6 is 0 Å². The summed E-state index contributed by atoms with van der Waals surface area (Å²) >= 11 is 0. The Bertz CT molecular complexity index is 356. The fourth-order valence-corrected chi connectivity index (χ4v) is 1.48. The Labute approximate surface area is 113 Å². The summed E-state index contributed by atoms with van der Waals surface area (Å²) < 4.78 is 0. The number of hydrogen-bond donors (Lipinski definition) is 0. The van der Waals surface area contributed by atoms with Crippen molar-refractivity contribution in [1.29, 1.82) is 0 Å². The van der Waals surface area contributed by atoms with E-state index in [0.29, 0.717) is 0 Å². The quantitative estimate of drug-likeness (QED) is 0.580. The van der Waals surface area contributed by atoms with Crippen molar-refractivity contribution in [3.05, 3.63) is 60.7 Å². The van der Waals surface area contributed by atoms with E-state index in [1.165, 1.54) is 0 Å². The Balaban J connectivity index is 0. The Morgan fingerprint density at radius 2 is 0.889 bits per heavy atom. The second-order valence-electron chi connectivity index (χ2n) is 2.89. The molecule has 0 aliphatic carbocycles. The third kappa shape index (κ3) is 4.58. The van der Waals surface area contributed by atoms with Crippen molar-refractivity contribution in [2.45, 2.75) is 27.7 Å². The zero-order valence-corrected chi connectivity index (χ0v) is 12.3. The van der Waals surface area contributed by atoms with Crippen molar-refractivity contribution in [2.24, 2.45) is 0 Å². The minimum Gasteiger partial charge on any atom is -0.0984 e. The summed E-state index contributed by atoms with van der Waals surface area (Å²) in [5.41, 5.74) is 4.26. The first kappa shape index (κ1) is 18.5. The highest BCUT2D eigenvalue weighted by atomic mass is 14.1. The standard InChI is InChI=1S/C14H14.2C2H6/c1-5-11-9-10-12(6-2)14(8-4)13(11)7-3;2*1-2/h5-10H,1-4H2;2*1-2H3. The molecule has 0 atom stereocenters. The lowest BCUT2D eigenvalue weighted by Crippen LogP contribution is -1.89. The van der Waals surface area contributed by atoms with Gasteiger partial charge in [0.15, 0.2) is 0 Å². The topological polar surface area (TPSA) is 0 Å². The molecule has 0 aliphatic heterocycles. The maximum atomic E-state index is 3.79. The Morgan fingerprint density at radius 3 is 1.06 bits per heavy atom. The van der Waals surface area contributed by atoms with E-state index in [4.69, 9.17) is 0 Å². The van der Waals surface area contributed by atoms with Gasteiger partial charge in [-0.2, -0.15) is 0 Å². The monoisotopic (exact) mass is 242 g/mol. The molecule has 0 spiro atoms. The molecular formula is C18H26. The average molecular weight is 242 g/mol. The highest BCUT2D eigenvalue weighted by Crippen LogP contribution is 2.23. The summed E-state index contributed by atoms with van der Waals surface area (Å²) in [4.78, 5) is 0. The summed E-state index contributed by atoms with van der Waals surface area (Å²) in [6.45, 7) is 23.1. The molecule has 0 bridgehead atoms. The fourth-order valence-electron chi connectivity index (χ4n) is 1.48. The molecule has 0 saturated heterocycles. The molecule has 0 unspecified atom stereocenters. The molecule has 0 aromatic heterocycles. The molecule has 0 N–H and O–H groups in total. The summed E-state index contributed by atoms with van der Waals surface area (Å²) in [5.74, 6) is 0. The van der Waals surface area contributed by atoms with E-state index in [1.807, 2.05) is 64.1 Å². The lowest BCUT2D eigenvalue weighted by atomic mass is 9.96. The predicted molar refractivity (Wildman–Crippen MR) is 89.5 cm³/mol. The molecule has 0 nitrogen and oxygen atoms in total. The third-order valence-electron chi connectivity index (χ3n) is 2.20. The largest absolute Gasteiger partial charge is 0.0984 e. The van der Waals surface area contributed by atoms with Crippen LogP contribution in [0, 0.1) is 0 Å². The van der Waals surface area contributed by atoms with Gasteiger partial charge < -0.3 is 0 Å². The van der Waals surface area contributed by atoms with Gasteiger partial charge in [-0.1, -0.05) is 90.4 Å².